The quantitative estimate of drug-likeness (QED) is 0.509. The Hall–Kier alpha value is -3.06. The van der Waals surface area contributed by atoms with Gasteiger partial charge in [0.1, 0.15) is 0 Å². The average molecular weight is 377 g/mol. The summed E-state index contributed by atoms with van der Waals surface area (Å²) in [5, 5.41) is 12.2. The van der Waals surface area contributed by atoms with Gasteiger partial charge in [0.05, 0.1) is 4.92 Å². The number of para-hydroxylation sites is 1. The van der Waals surface area contributed by atoms with Gasteiger partial charge in [-0.1, -0.05) is 18.2 Å². The molecule has 3 heterocycles. The van der Waals surface area contributed by atoms with Crippen LogP contribution in [-0.2, 0) is 0 Å². The van der Waals surface area contributed by atoms with Gasteiger partial charge in [0, 0.05) is 67.4 Å². The van der Waals surface area contributed by atoms with Gasteiger partial charge in [-0.2, -0.15) is 0 Å². The Balaban J connectivity index is 1.59. The molecule has 7 nitrogen and oxygen atoms in total. The van der Waals surface area contributed by atoms with E-state index in [9.17, 15) is 10.1 Å². The number of anilines is 1. The fourth-order valence-corrected chi connectivity index (χ4v) is 3.93. The van der Waals surface area contributed by atoms with E-state index < -0.39 is 0 Å². The number of pyridine rings is 2. The first kappa shape index (κ1) is 18.3. The molecule has 1 aliphatic heterocycles. The molecule has 1 unspecified atom stereocenters. The molecule has 0 bridgehead atoms. The molecule has 7 heteroatoms. The van der Waals surface area contributed by atoms with Gasteiger partial charge in [-0.05, 0) is 31.5 Å². The Kier molecular flexibility index (Phi) is 4.92. The standard InChI is InChI=1S/C21H23N5O2/c1-15-13-20(18-6-3-7-19(26(27)28)21(18)23-15)25-11-9-24(10-12-25)16(2)17-5-4-8-22-14-17/h3-8,13-14,16H,9-12H2,1-2H3. The number of nitro benzene ring substituents is 1. The maximum atomic E-state index is 11.4. The first-order chi connectivity index (χ1) is 13.5. The Bertz CT molecular complexity index is 1000. The van der Waals surface area contributed by atoms with Crippen LogP contribution in [0.2, 0.25) is 0 Å². The van der Waals surface area contributed by atoms with Crippen molar-refractivity contribution in [2.24, 2.45) is 0 Å². The second-order valence-electron chi connectivity index (χ2n) is 7.20. The molecular formula is C21H23N5O2. The van der Waals surface area contributed by atoms with E-state index in [1.165, 1.54) is 11.6 Å². The highest BCUT2D eigenvalue weighted by molar-refractivity contribution is 5.97. The number of piperazine rings is 1. The highest BCUT2D eigenvalue weighted by Gasteiger charge is 2.25. The van der Waals surface area contributed by atoms with E-state index >= 15 is 0 Å². The van der Waals surface area contributed by atoms with Crippen molar-refractivity contribution in [2.45, 2.75) is 19.9 Å². The van der Waals surface area contributed by atoms with Crippen molar-refractivity contribution in [1.82, 2.24) is 14.9 Å². The number of benzene rings is 1. The molecule has 1 aliphatic rings. The van der Waals surface area contributed by atoms with Crippen LogP contribution in [0.3, 0.4) is 0 Å². The third-order valence-electron chi connectivity index (χ3n) is 5.49. The molecule has 0 amide bonds. The Morgan fingerprint density at radius 2 is 1.93 bits per heavy atom. The van der Waals surface area contributed by atoms with Gasteiger partial charge in [-0.3, -0.25) is 20.0 Å². The Morgan fingerprint density at radius 3 is 2.61 bits per heavy atom. The van der Waals surface area contributed by atoms with E-state index in [1.807, 2.05) is 31.3 Å². The summed E-state index contributed by atoms with van der Waals surface area (Å²) in [6.45, 7) is 7.68. The summed E-state index contributed by atoms with van der Waals surface area (Å²) in [4.78, 5) is 24.5. The van der Waals surface area contributed by atoms with E-state index in [4.69, 9.17) is 0 Å². The van der Waals surface area contributed by atoms with Crippen LogP contribution in [0, 0.1) is 17.0 Å². The molecule has 0 radical (unpaired) electrons. The molecular weight excluding hydrogens is 354 g/mol. The Labute approximate surface area is 163 Å². The summed E-state index contributed by atoms with van der Waals surface area (Å²) >= 11 is 0. The minimum atomic E-state index is -0.355. The molecule has 0 N–H and O–H groups in total. The van der Waals surface area contributed by atoms with Crippen molar-refractivity contribution < 1.29 is 4.92 Å². The molecule has 3 aromatic rings. The van der Waals surface area contributed by atoms with Gasteiger partial charge in [-0.25, -0.2) is 4.98 Å². The largest absolute Gasteiger partial charge is 0.368 e. The summed E-state index contributed by atoms with van der Waals surface area (Å²) in [6, 6.07) is 11.6. The summed E-state index contributed by atoms with van der Waals surface area (Å²) in [6.07, 6.45) is 3.72. The van der Waals surface area contributed by atoms with Gasteiger partial charge in [0.2, 0.25) is 0 Å². The maximum absolute atomic E-state index is 11.4. The lowest BCUT2D eigenvalue weighted by Gasteiger charge is -2.39. The molecule has 0 aliphatic carbocycles. The highest BCUT2D eigenvalue weighted by atomic mass is 16.6. The van der Waals surface area contributed by atoms with Crippen LogP contribution in [0.4, 0.5) is 11.4 Å². The smallest absolute Gasteiger partial charge is 0.295 e. The minimum Gasteiger partial charge on any atom is -0.368 e. The zero-order valence-corrected chi connectivity index (χ0v) is 16.1. The van der Waals surface area contributed by atoms with Gasteiger partial charge >= 0.3 is 0 Å². The SMILES string of the molecule is Cc1cc(N2CCN(C(C)c3cccnc3)CC2)c2cccc([N+](=O)[O-])c2n1. The van der Waals surface area contributed by atoms with Crippen LogP contribution in [-0.4, -0.2) is 46.0 Å². The lowest BCUT2D eigenvalue weighted by Crippen LogP contribution is -2.47. The van der Waals surface area contributed by atoms with Gasteiger partial charge in [0.15, 0.2) is 5.52 Å². The number of non-ortho nitro benzene ring substituents is 1. The second kappa shape index (κ2) is 7.52. The van der Waals surface area contributed by atoms with E-state index in [1.54, 1.807) is 12.3 Å². The first-order valence-electron chi connectivity index (χ1n) is 9.48. The summed E-state index contributed by atoms with van der Waals surface area (Å²) in [5.41, 5.74) is 3.57. The normalized spacial score (nSPS) is 16.3. The molecule has 0 saturated carbocycles. The predicted molar refractivity (Wildman–Crippen MR) is 110 cm³/mol. The molecule has 1 fully saturated rings. The number of hydrogen-bond donors (Lipinski definition) is 0. The molecule has 28 heavy (non-hydrogen) atoms. The maximum Gasteiger partial charge on any atom is 0.295 e. The predicted octanol–water partition coefficient (Wildman–Crippen LogP) is 3.73. The number of rotatable bonds is 4. The van der Waals surface area contributed by atoms with E-state index in [0.717, 1.165) is 42.9 Å². The molecule has 144 valence electrons. The van der Waals surface area contributed by atoms with E-state index in [0.29, 0.717) is 11.6 Å². The summed E-state index contributed by atoms with van der Waals surface area (Å²) in [7, 11) is 0. The van der Waals surface area contributed by atoms with Crippen LogP contribution in [0.1, 0.15) is 24.2 Å². The van der Waals surface area contributed by atoms with Gasteiger partial charge in [-0.15, -0.1) is 0 Å². The third-order valence-corrected chi connectivity index (χ3v) is 5.49. The molecule has 1 saturated heterocycles. The number of nitrogens with zero attached hydrogens (tertiary/aromatic N) is 5. The van der Waals surface area contributed by atoms with Crippen molar-refractivity contribution in [3.8, 4) is 0 Å². The van der Waals surface area contributed by atoms with Crippen LogP contribution >= 0.6 is 0 Å². The lowest BCUT2D eigenvalue weighted by atomic mass is 10.1. The zero-order chi connectivity index (χ0) is 19.7. The van der Waals surface area contributed by atoms with E-state index in [-0.39, 0.29) is 10.6 Å². The Morgan fingerprint density at radius 1 is 1.14 bits per heavy atom. The molecule has 2 aromatic heterocycles. The fourth-order valence-electron chi connectivity index (χ4n) is 3.93. The van der Waals surface area contributed by atoms with Crippen LogP contribution in [0.15, 0.2) is 48.8 Å². The number of hydrogen-bond acceptors (Lipinski definition) is 6. The fraction of sp³-hybridized carbons (Fsp3) is 0.333. The van der Waals surface area contributed by atoms with Crippen molar-refractivity contribution in [3.63, 3.8) is 0 Å². The van der Waals surface area contributed by atoms with Crippen molar-refractivity contribution in [2.75, 3.05) is 31.1 Å². The average Bonchev–Trinajstić information content (AvgIpc) is 2.73. The van der Waals surface area contributed by atoms with Crippen LogP contribution < -0.4 is 4.90 Å². The van der Waals surface area contributed by atoms with Crippen LogP contribution in [0.5, 0.6) is 0 Å². The van der Waals surface area contributed by atoms with Gasteiger partial charge < -0.3 is 4.90 Å². The summed E-state index contributed by atoms with van der Waals surface area (Å²) < 4.78 is 0. The zero-order valence-electron chi connectivity index (χ0n) is 16.1. The van der Waals surface area contributed by atoms with Gasteiger partial charge in [0.25, 0.3) is 5.69 Å². The molecule has 1 aromatic carbocycles. The summed E-state index contributed by atoms with van der Waals surface area (Å²) in [5.74, 6) is 0. The van der Waals surface area contributed by atoms with Crippen LogP contribution in [0.25, 0.3) is 10.9 Å². The second-order valence-corrected chi connectivity index (χ2v) is 7.20. The highest BCUT2D eigenvalue weighted by Crippen LogP contribution is 2.33. The topological polar surface area (TPSA) is 75.4 Å². The third kappa shape index (κ3) is 3.41. The molecule has 1 atom stereocenters. The first-order valence-corrected chi connectivity index (χ1v) is 9.48. The van der Waals surface area contributed by atoms with Crippen molar-refractivity contribution in [1.29, 1.82) is 0 Å². The monoisotopic (exact) mass is 377 g/mol. The van der Waals surface area contributed by atoms with E-state index in [2.05, 4.69) is 32.8 Å². The number of fused-ring (bicyclic) bond motifs is 1. The lowest BCUT2D eigenvalue weighted by molar-refractivity contribution is -0.383. The minimum absolute atomic E-state index is 0.0614. The van der Waals surface area contributed by atoms with Crippen molar-refractivity contribution in [3.05, 3.63) is 70.2 Å². The molecule has 4 rings (SSSR count). The number of nitro groups is 1. The van der Waals surface area contributed by atoms with Crippen molar-refractivity contribution >= 4 is 22.3 Å². The molecule has 0 spiro atoms. The number of aromatic nitrogens is 2. The number of aryl methyl sites for hydroxylation is 1.